The molecule has 1 fully saturated rings. The van der Waals surface area contributed by atoms with Crippen LogP contribution in [0.3, 0.4) is 0 Å². The van der Waals surface area contributed by atoms with Crippen LogP contribution in [0.1, 0.15) is 12.0 Å². The Labute approximate surface area is 118 Å². The van der Waals surface area contributed by atoms with E-state index in [1.54, 1.807) is 22.5 Å². The molecule has 0 saturated carbocycles. The molecule has 100 valence electrons. The van der Waals surface area contributed by atoms with E-state index < -0.39 is 10.0 Å². The van der Waals surface area contributed by atoms with E-state index in [9.17, 15) is 8.42 Å². The molecule has 0 aliphatic carbocycles. The summed E-state index contributed by atoms with van der Waals surface area (Å²) in [6, 6.07) is 6.97. The molecule has 0 radical (unpaired) electrons. The van der Waals surface area contributed by atoms with Gasteiger partial charge in [-0.15, -0.1) is 11.6 Å². The lowest BCUT2D eigenvalue weighted by atomic mass is 10.2. The zero-order valence-electron chi connectivity index (χ0n) is 10.0. The molecule has 0 amide bonds. The van der Waals surface area contributed by atoms with Crippen LogP contribution in [0.15, 0.2) is 29.2 Å². The maximum Gasteiger partial charge on any atom is 0.243 e. The maximum absolute atomic E-state index is 12.6. The van der Waals surface area contributed by atoms with Crippen LogP contribution in [-0.2, 0) is 15.9 Å². The summed E-state index contributed by atoms with van der Waals surface area (Å²) in [5.74, 6) is 2.11. The van der Waals surface area contributed by atoms with Crippen LogP contribution in [0, 0.1) is 0 Å². The number of benzene rings is 1. The van der Waals surface area contributed by atoms with Gasteiger partial charge in [-0.25, -0.2) is 8.42 Å². The minimum atomic E-state index is -3.39. The Balaban J connectivity index is 2.34. The smallest absolute Gasteiger partial charge is 0.207 e. The van der Waals surface area contributed by atoms with Gasteiger partial charge < -0.3 is 0 Å². The Bertz CT molecular complexity index is 497. The van der Waals surface area contributed by atoms with Crippen LogP contribution in [0.5, 0.6) is 0 Å². The molecule has 0 aromatic heterocycles. The summed E-state index contributed by atoms with van der Waals surface area (Å²) in [5, 5.41) is 0. The molecule has 0 N–H and O–H groups in total. The van der Waals surface area contributed by atoms with Crippen LogP contribution < -0.4 is 0 Å². The quantitative estimate of drug-likeness (QED) is 0.806. The van der Waals surface area contributed by atoms with Gasteiger partial charge in [0.25, 0.3) is 0 Å². The first-order valence-electron chi connectivity index (χ1n) is 5.88. The van der Waals surface area contributed by atoms with E-state index >= 15 is 0 Å². The third kappa shape index (κ3) is 3.02. The molecule has 6 heteroatoms. The lowest BCUT2D eigenvalue weighted by molar-refractivity contribution is 0.434. The predicted molar refractivity (Wildman–Crippen MR) is 76.7 cm³/mol. The molecule has 1 aliphatic rings. The van der Waals surface area contributed by atoms with Crippen LogP contribution in [0.4, 0.5) is 0 Å². The van der Waals surface area contributed by atoms with Gasteiger partial charge in [0.1, 0.15) is 0 Å². The van der Waals surface area contributed by atoms with Gasteiger partial charge in [0.05, 0.1) is 4.90 Å². The van der Waals surface area contributed by atoms with Crippen molar-refractivity contribution in [1.82, 2.24) is 4.31 Å². The highest BCUT2D eigenvalue weighted by Crippen LogP contribution is 2.23. The molecule has 1 aromatic rings. The average molecular weight is 306 g/mol. The molecule has 3 nitrogen and oxygen atoms in total. The molecule has 1 aromatic carbocycles. The summed E-state index contributed by atoms with van der Waals surface area (Å²) in [6.07, 6.45) is 0.910. The third-order valence-corrected chi connectivity index (χ3v) is 6.25. The van der Waals surface area contributed by atoms with E-state index in [0.717, 1.165) is 17.9 Å². The summed E-state index contributed by atoms with van der Waals surface area (Å²) >= 11 is 7.63. The molecule has 1 saturated heterocycles. The first kappa shape index (κ1) is 14.2. The van der Waals surface area contributed by atoms with Gasteiger partial charge in [-0.3, -0.25) is 0 Å². The minimum Gasteiger partial charge on any atom is -0.207 e. The fourth-order valence-electron chi connectivity index (χ4n) is 1.97. The number of halogens is 1. The number of hydrogen-bond acceptors (Lipinski definition) is 3. The summed E-state index contributed by atoms with van der Waals surface area (Å²) in [7, 11) is -3.39. The highest BCUT2D eigenvalue weighted by Gasteiger charge is 2.26. The monoisotopic (exact) mass is 305 g/mol. The minimum absolute atomic E-state index is 0.220. The van der Waals surface area contributed by atoms with Gasteiger partial charge in [0, 0.05) is 24.7 Å². The molecule has 0 bridgehead atoms. The van der Waals surface area contributed by atoms with Crippen molar-refractivity contribution in [3.8, 4) is 0 Å². The van der Waals surface area contributed by atoms with Gasteiger partial charge >= 0.3 is 0 Å². The number of rotatable bonds is 3. The summed E-state index contributed by atoms with van der Waals surface area (Å²) in [5.41, 5.74) is 0.677. The SMILES string of the molecule is O=S(=O)(c1ccccc1CCl)N1CCCSCC1. The van der Waals surface area contributed by atoms with Crippen molar-refractivity contribution in [2.45, 2.75) is 17.2 Å². The molecular formula is C12H16ClNO2S2. The lowest BCUT2D eigenvalue weighted by Gasteiger charge is -2.21. The predicted octanol–water partition coefficient (Wildman–Crippen LogP) is 2.55. The maximum atomic E-state index is 12.6. The standard InChI is InChI=1S/C12H16ClNO2S2/c13-10-11-4-1-2-5-12(11)18(15,16)14-6-3-8-17-9-7-14/h1-2,4-5H,3,6-10H2. The zero-order valence-corrected chi connectivity index (χ0v) is 12.4. The topological polar surface area (TPSA) is 37.4 Å². The molecule has 0 unspecified atom stereocenters. The van der Waals surface area contributed by atoms with Gasteiger partial charge in [0.2, 0.25) is 10.0 Å². The molecule has 1 aliphatic heterocycles. The first-order valence-corrected chi connectivity index (χ1v) is 9.01. The Hall–Kier alpha value is -0.230. The van der Waals surface area contributed by atoms with Crippen LogP contribution >= 0.6 is 23.4 Å². The van der Waals surface area contributed by atoms with Crippen LogP contribution in [0.25, 0.3) is 0 Å². The van der Waals surface area contributed by atoms with E-state index in [4.69, 9.17) is 11.6 Å². The van der Waals surface area contributed by atoms with E-state index in [0.29, 0.717) is 23.5 Å². The second-order valence-electron chi connectivity index (χ2n) is 4.11. The largest absolute Gasteiger partial charge is 0.243 e. The first-order chi connectivity index (χ1) is 8.66. The van der Waals surface area contributed by atoms with Gasteiger partial charge in [-0.2, -0.15) is 16.1 Å². The second-order valence-corrected chi connectivity index (χ2v) is 7.51. The van der Waals surface area contributed by atoms with E-state index in [1.165, 1.54) is 0 Å². The number of sulfonamides is 1. The number of alkyl halides is 1. The summed E-state index contributed by atoms with van der Waals surface area (Å²) in [4.78, 5) is 0.354. The number of nitrogens with zero attached hydrogens (tertiary/aromatic N) is 1. The Kier molecular flexibility index (Phi) is 4.95. The van der Waals surface area contributed by atoms with Crippen molar-refractivity contribution in [2.24, 2.45) is 0 Å². The van der Waals surface area contributed by atoms with Crippen molar-refractivity contribution in [1.29, 1.82) is 0 Å². The zero-order chi connectivity index (χ0) is 13.0. The Morgan fingerprint density at radius 2 is 2.00 bits per heavy atom. The fraction of sp³-hybridized carbons (Fsp3) is 0.500. The van der Waals surface area contributed by atoms with E-state index in [-0.39, 0.29) is 5.88 Å². The van der Waals surface area contributed by atoms with Gasteiger partial charge in [0.15, 0.2) is 0 Å². The van der Waals surface area contributed by atoms with Crippen LogP contribution in [0.2, 0.25) is 0 Å². The highest BCUT2D eigenvalue weighted by molar-refractivity contribution is 7.99. The Morgan fingerprint density at radius 1 is 1.22 bits per heavy atom. The summed E-state index contributed by atoms with van der Waals surface area (Å²) in [6.45, 7) is 1.19. The summed E-state index contributed by atoms with van der Waals surface area (Å²) < 4.78 is 26.7. The van der Waals surface area contributed by atoms with Crippen molar-refractivity contribution < 1.29 is 8.42 Å². The van der Waals surface area contributed by atoms with Crippen molar-refractivity contribution in [3.05, 3.63) is 29.8 Å². The Morgan fingerprint density at radius 3 is 2.78 bits per heavy atom. The molecule has 2 rings (SSSR count). The van der Waals surface area contributed by atoms with Crippen molar-refractivity contribution in [3.63, 3.8) is 0 Å². The fourth-order valence-corrected chi connectivity index (χ4v) is 4.98. The van der Waals surface area contributed by atoms with Crippen molar-refractivity contribution >= 4 is 33.4 Å². The highest BCUT2D eigenvalue weighted by atomic mass is 35.5. The number of hydrogen-bond donors (Lipinski definition) is 0. The number of thioether (sulfide) groups is 1. The molecule has 0 spiro atoms. The van der Waals surface area contributed by atoms with Crippen molar-refractivity contribution in [2.75, 3.05) is 24.6 Å². The second kappa shape index (κ2) is 6.28. The van der Waals surface area contributed by atoms with E-state index in [1.807, 2.05) is 17.8 Å². The molecular weight excluding hydrogens is 290 g/mol. The lowest BCUT2D eigenvalue weighted by Crippen LogP contribution is -2.33. The molecule has 18 heavy (non-hydrogen) atoms. The normalized spacial score (nSPS) is 18.5. The molecule has 1 heterocycles. The third-order valence-electron chi connectivity index (χ3n) is 2.92. The molecule has 0 atom stereocenters. The van der Waals surface area contributed by atoms with Gasteiger partial charge in [-0.1, -0.05) is 18.2 Å². The van der Waals surface area contributed by atoms with Gasteiger partial charge in [-0.05, 0) is 23.8 Å². The average Bonchev–Trinajstić information content (AvgIpc) is 2.68. The van der Waals surface area contributed by atoms with Crippen LogP contribution in [-0.4, -0.2) is 37.3 Å². The van der Waals surface area contributed by atoms with E-state index in [2.05, 4.69) is 0 Å².